The first-order valence-corrected chi connectivity index (χ1v) is 13.2. The van der Waals surface area contributed by atoms with Gasteiger partial charge in [-0.2, -0.15) is 4.98 Å². The van der Waals surface area contributed by atoms with Crippen molar-refractivity contribution in [2.24, 2.45) is 0 Å². The minimum absolute atomic E-state index is 0.159. The molecule has 1 aliphatic rings. The summed E-state index contributed by atoms with van der Waals surface area (Å²) in [4.78, 5) is 33.1. The monoisotopic (exact) mass is 507 g/mol. The number of unbranched alkanes of at least 4 members (excludes halogenated alkanes) is 5. The van der Waals surface area contributed by atoms with Crippen molar-refractivity contribution < 1.29 is 9.53 Å². The molecule has 0 aliphatic carbocycles. The number of rotatable bonds is 10. The minimum Gasteiger partial charge on any atom is -0.438 e. The summed E-state index contributed by atoms with van der Waals surface area (Å²) in [6.45, 7) is 4.78. The van der Waals surface area contributed by atoms with Gasteiger partial charge in [-0.15, -0.1) is 0 Å². The van der Waals surface area contributed by atoms with Crippen molar-refractivity contribution in [3.8, 4) is 11.6 Å². The van der Waals surface area contributed by atoms with Gasteiger partial charge in [0.1, 0.15) is 21.3 Å². The van der Waals surface area contributed by atoms with Gasteiger partial charge in [-0.25, -0.2) is 0 Å². The molecule has 0 N–H and O–H groups in total. The molecule has 4 rings (SSSR count). The Morgan fingerprint density at radius 2 is 1.77 bits per heavy atom. The number of thioether (sulfide) groups is 1. The Morgan fingerprint density at radius 1 is 1.03 bits per heavy atom. The zero-order chi connectivity index (χ0) is 24.8. The van der Waals surface area contributed by atoms with Gasteiger partial charge >= 0.3 is 0 Å². The summed E-state index contributed by atoms with van der Waals surface area (Å²) >= 11 is 6.70. The molecule has 3 aromatic rings. The van der Waals surface area contributed by atoms with Crippen LogP contribution < -0.4 is 10.3 Å². The molecule has 182 valence electrons. The molecule has 0 radical (unpaired) electrons. The first-order valence-electron chi connectivity index (χ1n) is 12.0. The van der Waals surface area contributed by atoms with Crippen LogP contribution >= 0.6 is 24.0 Å². The highest BCUT2D eigenvalue weighted by Crippen LogP contribution is 2.34. The third-order valence-electron chi connectivity index (χ3n) is 5.85. The lowest BCUT2D eigenvalue weighted by Crippen LogP contribution is -2.29. The molecular formula is C27H29N3O3S2. The number of amides is 1. The number of pyridine rings is 1. The summed E-state index contributed by atoms with van der Waals surface area (Å²) < 4.78 is 8.00. The van der Waals surface area contributed by atoms with E-state index in [4.69, 9.17) is 17.0 Å². The predicted octanol–water partition coefficient (Wildman–Crippen LogP) is 6.36. The number of carbonyl (C=O) groups excluding carboxylic acids is 1. The Morgan fingerprint density at radius 3 is 2.54 bits per heavy atom. The van der Waals surface area contributed by atoms with Gasteiger partial charge < -0.3 is 4.74 Å². The lowest BCUT2D eigenvalue weighted by Gasteiger charge is -2.14. The SMILES string of the molecule is CCCCCCCCN1C(=O)/C(=C/c2c(Oc3ccc(C)cc3)nc3ccccn3c2=O)SC1=S. The molecule has 1 aromatic carbocycles. The van der Waals surface area contributed by atoms with Gasteiger partial charge in [0.2, 0.25) is 5.88 Å². The number of benzene rings is 1. The van der Waals surface area contributed by atoms with E-state index in [2.05, 4.69) is 11.9 Å². The average molecular weight is 508 g/mol. The molecule has 8 heteroatoms. The summed E-state index contributed by atoms with van der Waals surface area (Å²) in [7, 11) is 0. The molecule has 0 unspecified atom stereocenters. The molecule has 35 heavy (non-hydrogen) atoms. The second-order valence-electron chi connectivity index (χ2n) is 8.58. The van der Waals surface area contributed by atoms with E-state index >= 15 is 0 Å². The first-order chi connectivity index (χ1) is 17.0. The quantitative estimate of drug-likeness (QED) is 0.181. The number of aromatic nitrogens is 2. The Labute approximate surface area is 215 Å². The summed E-state index contributed by atoms with van der Waals surface area (Å²) in [5, 5.41) is 0. The summed E-state index contributed by atoms with van der Waals surface area (Å²) in [6.07, 6.45) is 10.0. The third-order valence-corrected chi connectivity index (χ3v) is 7.23. The van der Waals surface area contributed by atoms with Crippen LogP contribution in [0.5, 0.6) is 11.6 Å². The summed E-state index contributed by atoms with van der Waals surface area (Å²) in [6, 6.07) is 12.8. The zero-order valence-electron chi connectivity index (χ0n) is 20.0. The third kappa shape index (κ3) is 6.00. The fourth-order valence-electron chi connectivity index (χ4n) is 3.88. The normalized spacial score (nSPS) is 14.9. The lowest BCUT2D eigenvalue weighted by atomic mass is 10.1. The number of aryl methyl sites for hydroxylation is 1. The number of thiocarbonyl (C=S) groups is 1. The topological polar surface area (TPSA) is 63.9 Å². The second-order valence-corrected chi connectivity index (χ2v) is 10.3. The Balaban J connectivity index is 1.62. The highest BCUT2D eigenvalue weighted by atomic mass is 32.2. The van der Waals surface area contributed by atoms with Crippen LogP contribution in [0.15, 0.2) is 58.4 Å². The maximum absolute atomic E-state index is 13.4. The number of fused-ring (bicyclic) bond motifs is 1. The van der Waals surface area contributed by atoms with E-state index in [0.29, 0.717) is 27.2 Å². The van der Waals surface area contributed by atoms with Crippen molar-refractivity contribution >= 4 is 45.9 Å². The average Bonchev–Trinajstić information content (AvgIpc) is 3.12. The maximum Gasteiger partial charge on any atom is 0.269 e. The van der Waals surface area contributed by atoms with E-state index < -0.39 is 0 Å². The van der Waals surface area contributed by atoms with Crippen LogP contribution in [0.1, 0.15) is 56.6 Å². The second kappa shape index (κ2) is 11.6. The summed E-state index contributed by atoms with van der Waals surface area (Å²) in [5.41, 5.74) is 1.47. The van der Waals surface area contributed by atoms with Crippen LogP contribution in [0.2, 0.25) is 0 Å². The van der Waals surface area contributed by atoms with Gasteiger partial charge in [-0.3, -0.25) is 18.9 Å². The maximum atomic E-state index is 13.4. The van der Waals surface area contributed by atoms with Crippen LogP contribution in [0, 0.1) is 6.92 Å². The standard InChI is InChI=1S/C27H29N3O3S2/c1-3-4-5-6-7-9-17-30-26(32)22(35-27(30)34)18-21-24(33-20-14-12-19(2)13-15-20)28-23-11-8-10-16-29(23)25(21)31/h8,10-16,18H,3-7,9,17H2,1-2H3/b22-18-. The first kappa shape index (κ1) is 25.1. The molecule has 1 aliphatic heterocycles. The molecule has 0 bridgehead atoms. The molecule has 1 fully saturated rings. The van der Waals surface area contributed by atoms with Crippen molar-refractivity contribution in [2.75, 3.05) is 6.54 Å². The van der Waals surface area contributed by atoms with E-state index in [1.54, 1.807) is 29.3 Å². The van der Waals surface area contributed by atoms with Gasteiger partial charge in [0.05, 0.1) is 4.91 Å². The van der Waals surface area contributed by atoms with Crippen molar-refractivity contribution in [3.05, 3.63) is 75.0 Å². The molecule has 1 saturated heterocycles. The van der Waals surface area contributed by atoms with Gasteiger partial charge in [-0.05, 0) is 43.7 Å². The molecule has 0 saturated carbocycles. The number of hydrogen-bond acceptors (Lipinski definition) is 6. The lowest BCUT2D eigenvalue weighted by molar-refractivity contribution is -0.122. The molecule has 0 atom stereocenters. The largest absolute Gasteiger partial charge is 0.438 e. The fraction of sp³-hybridized carbons (Fsp3) is 0.333. The van der Waals surface area contributed by atoms with Gasteiger partial charge in [0.25, 0.3) is 11.5 Å². The van der Waals surface area contributed by atoms with E-state index in [1.807, 2.05) is 37.3 Å². The summed E-state index contributed by atoms with van der Waals surface area (Å²) in [5.74, 6) is 0.548. The van der Waals surface area contributed by atoms with E-state index in [0.717, 1.165) is 24.8 Å². The highest BCUT2D eigenvalue weighted by molar-refractivity contribution is 8.26. The van der Waals surface area contributed by atoms with Crippen LogP contribution in [0.4, 0.5) is 0 Å². The van der Waals surface area contributed by atoms with Crippen molar-refractivity contribution in [1.82, 2.24) is 14.3 Å². The molecule has 6 nitrogen and oxygen atoms in total. The molecule has 0 spiro atoms. The van der Waals surface area contributed by atoms with Gasteiger partial charge in [0, 0.05) is 12.7 Å². The molecular weight excluding hydrogens is 478 g/mol. The number of carbonyl (C=O) groups is 1. The highest BCUT2D eigenvalue weighted by Gasteiger charge is 2.32. The van der Waals surface area contributed by atoms with E-state index in [9.17, 15) is 9.59 Å². The molecule has 3 heterocycles. The van der Waals surface area contributed by atoms with Gasteiger partial charge in [-0.1, -0.05) is 86.8 Å². The minimum atomic E-state index is -0.307. The zero-order valence-corrected chi connectivity index (χ0v) is 21.7. The van der Waals surface area contributed by atoms with Crippen molar-refractivity contribution in [1.29, 1.82) is 0 Å². The number of nitrogens with zero attached hydrogens (tertiary/aromatic N) is 3. The van der Waals surface area contributed by atoms with Gasteiger partial charge in [0.15, 0.2) is 0 Å². The smallest absolute Gasteiger partial charge is 0.269 e. The molecule has 1 amide bonds. The fourth-order valence-corrected chi connectivity index (χ4v) is 5.17. The Hall–Kier alpha value is -2.97. The van der Waals surface area contributed by atoms with Crippen molar-refractivity contribution in [2.45, 2.75) is 52.4 Å². The number of hydrogen-bond donors (Lipinski definition) is 0. The number of ether oxygens (including phenoxy) is 1. The van der Waals surface area contributed by atoms with Crippen LogP contribution in [-0.4, -0.2) is 31.1 Å². The van der Waals surface area contributed by atoms with Crippen LogP contribution in [0.3, 0.4) is 0 Å². The van der Waals surface area contributed by atoms with E-state index in [-0.39, 0.29) is 22.9 Å². The Kier molecular flexibility index (Phi) is 8.36. The van der Waals surface area contributed by atoms with Crippen LogP contribution in [-0.2, 0) is 4.79 Å². The Bertz CT molecular complexity index is 1320. The molecule has 2 aromatic heterocycles. The van der Waals surface area contributed by atoms with E-state index in [1.165, 1.54) is 35.4 Å². The predicted molar refractivity (Wildman–Crippen MR) is 146 cm³/mol. The van der Waals surface area contributed by atoms with Crippen LogP contribution in [0.25, 0.3) is 11.7 Å². The van der Waals surface area contributed by atoms with Crippen molar-refractivity contribution in [3.63, 3.8) is 0 Å².